The van der Waals surface area contributed by atoms with Crippen molar-refractivity contribution < 1.29 is 9.59 Å². The molecule has 0 unspecified atom stereocenters. The molecule has 8 heteroatoms. The maximum absolute atomic E-state index is 13.0. The van der Waals surface area contributed by atoms with Gasteiger partial charge in [0.05, 0.1) is 33.8 Å². The fourth-order valence-corrected chi connectivity index (χ4v) is 5.00. The van der Waals surface area contributed by atoms with E-state index in [-0.39, 0.29) is 17.7 Å². The molecule has 4 rings (SSSR count). The lowest BCUT2D eigenvalue weighted by molar-refractivity contribution is -0.123. The van der Waals surface area contributed by atoms with Gasteiger partial charge >= 0.3 is 0 Å². The molecular weight excluding hydrogens is 465 g/mol. The smallest absolute Gasteiger partial charge is 0.293 e. The van der Waals surface area contributed by atoms with Gasteiger partial charge in [-0.05, 0) is 73.1 Å². The summed E-state index contributed by atoms with van der Waals surface area (Å²) in [6.45, 7) is 3.93. The molecule has 1 fully saturated rings. The molecule has 160 valence electrons. The molecule has 2 heterocycles. The molecule has 1 aliphatic heterocycles. The maximum atomic E-state index is 13.0. The van der Waals surface area contributed by atoms with Crippen molar-refractivity contribution in [2.75, 3.05) is 0 Å². The minimum absolute atomic E-state index is 0.0607. The van der Waals surface area contributed by atoms with Crippen LogP contribution < -0.4 is 0 Å². The van der Waals surface area contributed by atoms with E-state index in [1.165, 1.54) is 4.90 Å². The van der Waals surface area contributed by atoms with Crippen LogP contribution in [-0.2, 0) is 11.3 Å². The van der Waals surface area contributed by atoms with Gasteiger partial charge in [-0.15, -0.1) is 0 Å². The predicted molar refractivity (Wildman–Crippen MR) is 128 cm³/mol. The van der Waals surface area contributed by atoms with Crippen LogP contribution in [-0.4, -0.2) is 20.6 Å². The number of halogens is 2. The Labute approximate surface area is 199 Å². The van der Waals surface area contributed by atoms with Gasteiger partial charge in [-0.25, -0.2) is 0 Å². The summed E-state index contributed by atoms with van der Waals surface area (Å²) in [6, 6.07) is 16.3. The van der Waals surface area contributed by atoms with Crippen LogP contribution in [0.4, 0.5) is 4.79 Å². The summed E-state index contributed by atoms with van der Waals surface area (Å²) in [5.41, 5.74) is 4.49. The summed E-state index contributed by atoms with van der Waals surface area (Å²) < 4.78 is 1.98. The normalized spacial score (nSPS) is 15.0. The number of thioether (sulfide) groups is 1. The first-order chi connectivity index (χ1) is 15.3. The predicted octanol–water partition coefficient (Wildman–Crippen LogP) is 6.51. The van der Waals surface area contributed by atoms with Gasteiger partial charge in [-0.3, -0.25) is 14.5 Å². The lowest BCUT2D eigenvalue weighted by Crippen LogP contribution is -2.27. The topological polar surface area (TPSA) is 66.1 Å². The Balaban J connectivity index is 1.66. The standard InChI is InChI=1S/C24H17Cl2N3O2S/c1-14-9-18(15(2)29(14)21-8-7-19(25)11-20(21)26)10-22-23(30)28(24(31)32-22)13-17-6-4-3-5-16(17)12-27/h3-11H,13H2,1-2H3/b22-10+. The Morgan fingerprint density at radius 1 is 1.09 bits per heavy atom. The lowest BCUT2D eigenvalue weighted by atomic mass is 10.1. The van der Waals surface area contributed by atoms with E-state index >= 15 is 0 Å². The Hall–Kier alpha value is -2.98. The molecule has 1 aliphatic rings. The van der Waals surface area contributed by atoms with E-state index in [1.54, 1.807) is 42.5 Å². The fraction of sp³-hybridized carbons (Fsp3) is 0.125. The fourth-order valence-electron chi connectivity index (χ4n) is 3.68. The highest BCUT2D eigenvalue weighted by atomic mass is 35.5. The van der Waals surface area contributed by atoms with E-state index in [4.69, 9.17) is 23.2 Å². The summed E-state index contributed by atoms with van der Waals surface area (Å²) in [6.07, 6.45) is 1.73. The summed E-state index contributed by atoms with van der Waals surface area (Å²) in [5, 5.41) is 9.99. The van der Waals surface area contributed by atoms with Crippen molar-refractivity contribution in [3.05, 3.63) is 91.6 Å². The van der Waals surface area contributed by atoms with E-state index in [1.807, 2.05) is 30.5 Å². The zero-order valence-corrected chi connectivity index (χ0v) is 19.6. The van der Waals surface area contributed by atoms with Crippen LogP contribution >= 0.6 is 35.0 Å². The van der Waals surface area contributed by atoms with Crippen LogP contribution in [0.3, 0.4) is 0 Å². The third kappa shape index (κ3) is 4.07. The molecule has 1 saturated heterocycles. The van der Waals surface area contributed by atoms with Gasteiger partial charge in [0.1, 0.15) is 0 Å². The molecule has 0 saturated carbocycles. The van der Waals surface area contributed by atoms with E-state index in [9.17, 15) is 14.9 Å². The lowest BCUT2D eigenvalue weighted by Gasteiger charge is -2.13. The number of rotatable bonds is 4. The highest BCUT2D eigenvalue weighted by Crippen LogP contribution is 2.35. The van der Waals surface area contributed by atoms with Crippen molar-refractivity contribution in [1.29, 1.82) is 5.26 Å². The number of aromatic nitrogens is 1. The van der Waals surface area contributed by atoms with Crippen molar-refractivity contribution in [3.63, 3.8) is 0 Å². The van der Waals surface area contributed by atoms with Gasteiger partial charge < -0.3 is 4.57 Å². The summed E-state index contributed by atoms with van der Waals surface area (Å²) in [4.78, 5) is 27.0. The van der Waals surface area contributed by atoms with Crippen molar-refractivity contribution >= 4 is 52.2 Å². The van der Waals surface area contributed by atoms with Crippen LogP contribution in [0.25, 0.3) is 11.8 Å². The molecule has 0 radical (unpaired) electrons. The SMILES string of the molecule is Cc1cc(/C=C2/SC(=O)N(Cc3ccccc3C#N)C2=O)c(C)n1-c1ccc(Cl)cc1Cl. The zero-order valence-electron chi connectivity index (χ0n) is 17.2. The van der Waals surface area contributed by atoms with Crippen LogP contribution in [0.5, 0.6) is 0 Å². The second-order valence-corrected chi connectivity index (χ2v) is 9.13. The Kier molecular flexibility index (Phi) is 6.16. The van der Waals surface area contributed by atoms with Gasteiger partial charge in [0.25, 0.3) is 11.1 Å². The molecule has 2 aromatic carbocycles. The first-order valence-corrected chi connectivity index (χ1v) is 11.2. The summed E-state index contributed by atoms with van der Waals surface area (Å²) in [5.74, 6) is -0.373. The molecule has 0 spiro atoms. The van der Waals surface area contributed by atoms with Crippen molar-refractivity contribution in [2.45, 2.75) is 20.4 Å². The van der Waals surface area contributed by atoms with Crippen LogP contribution in [0.15, 0.2) is 53.4 Å². The molecule has 0 bridgehead atoms. The quantitative estimate of drug-likeness (QED) is 0.398. The maximum Gasteiger partial charge on any atom is 0.293 e. The average molecular weight is 482 g/mol. The summed E-state index contributed by atoms with van der Waals surface area (Å²) in [7, 11) is 0. The molecule has 2 amide bonds. The van der Waals surface area contributed by atoms with E-state index in [2.05, 4.69) is 6.07 Å². The van der Waals surface area contributed by atoms with Crippen molar-refractivity contribution in [3.8, 4) is 11.8 Å². The minimum atomic E-state index is -0.373. The number of nitrogens with zero attached hydrogens (tertiary/aromatic N) is 3. The highest BCUT2D eigenvalue weighted by molar-refractivity contribution is 8.18. The van der Waals surface area contributed by atoms with Gasteiger partial charge in [-0.1, -0.05) is 41.4 Å². The Morgan fingerprint density at radius 2 is 1.84 bits per heavy atom. The molecule has 0 atom stereocenters. The molecule has 5 nitrogen and oxygen atoms in total. The molecule has 32 heavy (non-hydrogen) atoms. The van der Waals surface area contributed by atoms with Crippen molar-refractivity contribution in [1.82, 2.24) is 9.47 Å². The number of hydrogen-bond donors (Lipinski definition) is 0. The van der Waals surface area contributed by atoms with E-state index in [0.29, 0.717) is 26.1 Å². The number of amides is 2. The second kappa shape index (κ2) is 8.87. The zero-order chi connectivity index (χ0) is 23.0. The first kappa shape index (κ1) is 22.2. The highest BCUT2D eigenvalue weighted by Gasteiger charge is 2.35. The van der Waals surface area contributed by atoms with Gasteiger partial charge in [0.15, 0.2) is 0 Å². The van der Waals surface area contributed by atoms with Crippen molar-refractivity contribution in [2.24, 2.45) is 0 Å². The number of carbonyl (C=O) groups excluding carboxylic acids is 2. The van der Waals surface area contributed by atoms with Crippen LogP contribution in [0, 0.1) is 25.2 Å². The second-order valence-electron chi connectivity index (χ2n) is 7.29. The van der Waals surface area contributed by atoms with E-state index in [0.717, 1.165) is 34.4 Å². The largest absolute Gasteiger partial charge is 0.316 e. The first-order valence-electron chi connectivity index (χ1n) is 9.68. The molecule has 3 aromatic rings. The van der Waals surface area contributed by atoms with Gasteiger partial charge in [0, 0.05) is 16.4 Å². The molecule has 0 N–H and O–H groups in total. The summed E-state index contributed by atoms with van der Waals surface area (Å²) >= 11 is 13.3. The molecular formula is C24H17Cl2N3O2S. The van der Waals surface area contributed by atoms with Gasteiger partial charge in [-0.2, -0.15) is 5.26 Å². The third-order valence-corrected chi connectivity index (χ3v) is 6.69. The number of nitriles is 1. The van der Waals surface area contributed by atoms with Gasteiger partial charge in [0.2, 0.25) is 0 Å². The third-order valence-electron chi connectivity index (χ3n) is 5.25. The molecule has 1 aromatic heterocycles. The van der Waals surface area contributed by atoms with E-state index < -0.39 is 0 Å². The number of carbonyl (C=O) groups is 2. The Bertz CT molecular complexity index is 1340. The minimum Gasteiger partial charge on any atom is -0.316 e. The van der Waals surface area contributed by atoms with Crippen LogP contribution in [0.1, 0.15) is 28.1 Å². The average Bonchev–Trinajstić information content (AvgIpc) is 3.18. The number of aryl methyl sites for hydroxylation is 1. The number of benzene rings is 2. The Morgan fingerprint density at radius 3 is 2.56 bits per heavy atom. The molecule has 0 aliphatic carbocycles. The number of hydrogen-bond acceptors (Lipinski definition) is 4. The van der Waals surface area contributed by atoms with Crippen LogP contribution in [0.2, 0.25) is 10.0 Å². The monoisotopic (exact) mass is 481 g/mol. The number of imide groups is 1.